The average Bonchev–Trinajstić information content (AvgIpc) is 3.20. The summed E-state index contributed by atoms with van der Waals surface area (Å²) in [5, 5.41) is 0. The van der Waals surface area contributed by atoms with Crippen LogP contribution in [-0.4, -0.2) is 70.7 Å². The molecule has 344 valence electrons. The Bertz CT molecular complexity index is 1270. The number of hydrogen-bond donors (Lipinski definition) is 0. The van der Waals surface area contributed by atoms with E-state index in [9.17, 15) is 14.3 Å². The number of ether oxygens (including phenoxy) is 2. The summed E-state index contributed by atoms with van der Waals surface area (Å²) in [6.07, 6.45) is 58.6. The van der Waals surface area contributed by atoms with Crippen molar-refractivity contribution in [3.63, 3.8) is 0 Å². The molecule has 0 saturated heterocycles. The van der Waals surface area contributed by atoms with Crippen molar-refractivity contribution < 1.29 is 37.3 Å². The van der Waals surface area contributed by atoms with E-state index in [-0.39, 0.29) is 32.2 Å². The third-order valence-electron chi connectivity index (χ3n) is 9.37. The number of carbonyl (C=O) groups is 1. The summed E-state index contributed by atoms with van der Waals surface area (Å²) in [5.74, 6) is -0.363. The Morgan fingerprint density at radius 1 is 0.533 bits per heavy atom. The highest BCUT2D eigenvalue weighted by atomic mass is 31.2. The Morgan fingerprint density at radius 3 is 1.47 bits per heavy atom. The fourth-order valence-electron chi connectivity index (χ4n) is 5.75. The summed E-state index contributed by atoms with van der Waals surface area (Å²) < 4.78 is 34.6. The number of rotatable bonds is 42. The first-order valence-electron chi connectivity index (χ1n) is 23.5. The van der Waals surface area contributed by atoms with Crippen molar-refractivity contribution >= 4 is 13.8 Å². The molecule has 0 saturated carbocycles. The second-order valence-corrected chi connectivity index (χ2v) is 17.8. The molecule has 0 amide bonds. The van der Waals surface area contributed by atoms with Gasteiger partial charge in [0.2, 0.25) is 0 Å². The fourth-order valence-corrected chi connectivity index (χ4v) is 6.48. The maximum atomic E-state index is 12.7. The van der Waals surface area contributed by atoms with E-state index in [1.165, 1.54) is 44.9 Å². The van der Waals surface area contributed by atoms with Gasteiger partial charge in [0.15, 0.2) is 0 Å². The van der Waals surface area contributed by atoms with Crippen molar-refractivity contribution in [1.29, 1.82) is 0 Å². The van der Waals surface area contributed by atoms with Crippen molar-refractivity contribution in [2.45, 2.75) is 168 Å². The summed E-state index contributed by atoms with van der Waals surface area (Å²) in [7, 11) is 1.30. The van der Waals surface area contributed by atoms with Crippen LogP contribution in [0.25, 0.3) is 0 Å². The van der Waals surface area contributed by atoms with Gasteiger partial charge in [0.1, 0.15) is 19.3 Å². The first kappa shape index (κ1) is 57.4. The van der Waals surface area contributed by atoms with Gasteiger partial charge in [-0.05, 0) is 96.3 Å². The van der Waals surface area contributed by atoms with Crippen LogP contribution in [0.3, 0.4) is 0 Å². The minimum Gasteiger partial charge on any atom is -0.756 e. The lowest BCUT2D eigenvalue weighted by atomic mass is 10.1. The maximum absolute atomic E-state index is 12.7. The van der Waals surface area contributed by atoms with Crippen molar-refractivity contribution in [1.82, 2.24) is 0 Å². The van der Waals surface area contributed by atoms with E-state index in [1.807, 2.05) is 21.1 Å². The first-order valence-corrected chi connectivity index (χ1v) is 24.9. The van der Waals surface area contributed by atoms with Crippen LogP contribution in [-0.2, 0) is 27.9 Å². The lowest BCUT2D eigenvalue weighted by Crippen LogP contribution is -2.37. The minimum atomic E-state index is -4.55. The van der Waals surface area contributed by atoms with Gasteiger partial charge in [-0.25, -0.2) is 0 Å². The molecule has 9 heteroatoms. The van der Waals surface area contributed by atoms with E-state index in [1.54, 1.807) is 0 Å². The van der Waals surface area contributed by atoms with Gasteiger partial charge in [-0.3, -0.25) is 9.36 Å². The molecular weight excluding hydrogens is 770 g/mol. The van der Waals surface area contributed by atoms with Crippen LogP contribution in [0.5, 0.6) is 0 Å². The van der Waals surface area contributed by atoms with E-state index in [0.29, 0.717) is 17.6 Å². The van der Waals surface area contributed by atoms with Crippen molar-refractivity contribution in [2.24, 2.45) is 0 Å². The maximum Gasteiger partial charge on any atom is 0.306 e. The van der Waals surface area contributed by atoms with E-state index < -0.39 is 13.9 Å². The van der Waals surface area contributed by atoms with Crippen LogP contribution < -0.4 is 4.89 Å². The van der Waals surface area contributed by atoms with Gasteiger partial charge in [0.05, 0.1) is 34.4 Å². The van der Waals surface area contributed by atoms with Crippen molar-refractivity contribution in [3.05, 3.63) is 97.2 Å². The van der Waals surface area contributed by atoms with Crippen molar-refractivity contribution in [2.75, 3.05) is 54.1 Å². The van der Waals surface area contributed by atoms with E-state index >= 15 is 0 Å². The zero-order chi connectivity index (χ0) is 44.1. The minimum absolute atomic E-state index is 0.0104. The molecule has 8 nitrogen and oxygen atoms in total. The molecule has 0 aliphatic heterocycles. The number of unbranched alkanes of at least 4 members (excludes halogenated alkanes) is 12. The summed E-state index contributed by atoms with van der Waals surface area (Å²) >= 11 is 0. The van der Waals surface area contributed by atoms with Gasteiger partial charge in [-0.15, -0.1) is 0 Å². The number of phosphoric ester groups is 1. The van der Waals surface area contributed by atoms with E-state index in [0.717, 1.165) is 96.3 Å². The SMILES string of the molecule is CC/C=C\C/C=C\C/C=C\C/C=C\C/C=C\C/C=C\C/C=C\CCCCOCC(COP(=O)([O-])OCC[N+](C)(C)C)OC(=O)CCCCCCC/C=C\CCCCCCC. The second kappa shape index (κ2) is 43.1. The Labute approximate surface area is 368 Å². The van der Waals surface area contributed by atoms with E-state index in [4.69, 9.17) is 18.5 Å². The van der Waals surface area contributed by atoms with Crippen molar-refractivity contribution in [3.8, 4) is 0 Å². The van der Waals surface area contributed by atoms with Gasteiger partial charge in [-0.1, -0.05) is 156 Å². The molecule has 0 heterocycles. The molecule has 0 rings (SSSR count). The number of carbonyl (C=O) groups excluding carboxylic acids is 1. The summed E-state index contributed by atoms with van der Waals surface area (Å²) in [4.78, 5) is 25.1. The Morgan fingerprint density at radius 2 is 0.967 bits per heavy atom. The van der Waals surface area contributed by atoms with Gasteiger partial charge in [0.25, 0.3) is 7.82 Å². The second-order valence-electron chi connectivity index (χ2n) is 16.4. The number of phosphoric acid groups is 1. The number of allylic oxidation sites excluding steroid dienone is 16. The zero-order valence-electron chi connectivity index (χ0n) is 38.9. The Hall–Kier alpha value is -2.58. The molecule has 0 N–H and O–H groups in total. The topological polar surface area (TPSA) is 94.1 Å². The number of quaternary nitrogens is 1. The van der Waals surface area contributed by atoms with E-state index in [2.05, 4.69) is 111 Å². The number of hydrogen-bond acceptors (Lipinski definition) is 7. The lowest BCUT2D eigenvalue weighted by Gasteiger charge is -2.28. The van der Waals surface area contributed by atoms with Crippen LogP contribution in [0, 0.1) is 0 Å². The third-order valence-corrected chi connectivity index (χ3v) is 10.3. The summed E-state index contributed by atoms with van der Waals surface area (Å²) in [6, 6.07) is 0. The average molecular weight is 858 g/mol. The highest BCUT2D eigenvalue weighted by molar-refractivity contribution is 7.45. The van der Waals surface area contributed by atoms with Crippen LogP contribution in [0.4, 0.5) is 0 Å². The molecule has 0 aromatic carbocycles. The monoisotopic (exact) mass is 858 g/mol. The molecule has 0 aliphatic carbocycles. The van der Waals surface area contributed by atoms with Crippen LogP contribution >= 0.6 is 7.82 Å². The summed E-state index contributed by atoms with van der Waals surface area (Å²) in [5.41, 5.74) is 0. The standard InChI is InChI=1S/C51H88NO7P/c1-6-8-10-12-14-16-18-20-22-23-24-25-26-27-28-29-30-31-33-35-37-39-41-43-46-56-48-50(49-58-60(54,55)57-47-45-52(3,4)5)59-51(53)44-42-40-38-36-34-32-21-19-17-15-13-11-9-7-2/h8,10,14,16,19-22,24-25,27-28,30-31,35,37,50H,6-7,9,11-13,15,17-18,23,26,29,32-34,36,38-49H2,1-5H3/b10-8-,16-14-,21-19-,22-20-,25-24-,28-27-,31-30-,37-35-. The number of likely N-dealkylation sites (N-methyl/N-ethyl adjacent to an activating group) is 1. The predicted molar refractivity (Wildman–Crippen MR) is 254 cm³/mol. The number of nitrogens with zero attached hydrogens (tertiary/aromatic N) is 1. The molecule has 0 spiro atoms. The molecular formula is C51H88NO7P. The normalized spacial score (nSPS) is 14.6. The molecule has 0 aromatic heterocycles. The predicted octanol–water partition coefficient (Wildman–Crippen LogP) is 13.6. The third kappa shape index (κ3) is 46.5. The lowest BCUT2D eigenvalue weighted by molar-refractivity contribution is -0.870. The van der Waals surface area contributed by atoms with Gasteiger partial charge in [0, 0.05) is 13.0 Å². The molecule has 0 aromatic rings. The molecule has 0 fully saturated rings. The molecule has 0 aliphatic rings. The van der Waals surface area contributed by atoms with Gasteiger partial charge >= 0.3 is 5.97 Å². The number of esters is 1. The molecule has 0 radical (unpaired) electrons. The Kier molecular flexibility index (Phi) is 41.2. The quantitative estimate of drug-likeness (QED) is 0.0198. The summed E-state index contributed by atoms with van der Waals surface area (Å²) in [6.45, 7) is 5.13. The highest BCUT2D eigenvalue weighted by Gasteiger charge is 2.20. The Balaban J connectivity index is 4.32. The zero-order valence-corrected chi connectivity index (χ0v) is 39.8. The molecule has 60 heavy (non-hydrogen) atoms. The largest absolute Gasteiger partial charge is 0.756 e. The molecule has 2 atom stereocenters. The van der Waals surface area contributed by atoms with Crippen LogP contribution in [0.15, 0.2) is 97.2 Å². The first-order chi connectivity index (χ1) is 29.1. The molecule has 0 bridgehead atoms. The fraction of sp³-hybridized carbons (Fsp3) is 0.667. The molecule has 2 unspecified atom stereocenters. The highest BCUT2D eigenvalue weighted by Crippen LogP contribution is 2.38. The van der Waals surface area contributed by atoms with Gasteiger partial charge < -0.3 is 27.9 Å². The smallest absolute Gasteiger partial charge is 0.306 e. The van der Waals surface area contributed by atoms with Crippen LogP contribution in [0.2, 0.25) is 0 Å². The van der Waals surface area contributed by atoms with Crippen LogP contribution in [0.1, 0.15) is 162 Å². The van der Waals surface area contributed by atoms with Gasteiger partial charge in [-0.2, -0.15) is 0 Å².